The van der Waals surface area contributed by atoms with Crippen LogP contribution < -0.4 is 20.7 Å². The normalized spacial score (nSPS) is 21.0. The number of carboxylic acids is 1. The summed E-state index contributed by atoms with van der Waals surface area (Å²) in [6, 6.07) is 2.92. The summed E-state index contributed by atoms with van der Waals surface area (Å²) in [7, 11) is 1.94. The highest BCUT2D eigenvalue weighted by atomic mass is 32.2. The van der Waals surface area contributed by atoms with Gasteiger partial charge in [0.05, 0.1) is 18.7 Å². The Balaban J connectivity index is 1.12. The van der Waals surface area contributed by atoms with E-state index in [1.54, 1.807) is 10.6 Å². The third-order valence-corrected chi connectivity index (χ3v) is 9.91. The molecule has 3 aromatic rings. The first kappa shape index (κ1) is 29.1. The number of nitrogens with one attached hydrogen (secondary N) is 1. The first-order chi connectivity index (χ1) is 20.8. The van der Waals surface area contributed by atoms with Crippen molar-refractivity contribution in [3.63, 3.8) is 0 Å². The molecule has 3 N–H and O–H groups in total. The van der Waals surface area contributed by atoms with Crippen LogP contribution in [0.15, 0.2) is 58.1 Å². The molecule has 3 aliphatic rings. The molecule has 5 heterocycles. The van der Waals surface area contributed by atoms with E-state index >= 15 is 0 Å². The Kier molecular flexibility index (Phi) is 8.36. The lowest BCUT2D eigenvalue weighted by molar-refractivity contribution is -0.644. The fraction of sp³-hybridized carbons (Fsp3) is 0.385. The zero-order valence-electron chi connectivity index (χ0n) is 22.9. The number of aryl methyl sites for hydroxylation is 1. The molecule has 43 heavy (non-hydrogen) atoms. The fourth-order valence-corrected chi connectivity index (χ4v) is 7.47. The average molecular weight is 642 g/mol. The minimum absolute atomic E-state index is 0.00369. The van der Waals surface area contributed by atoms with Crippen LogP contribution in [0.1, 0.15) is 31.5 Å². The van der Waals surface area contributed by atoms with Gasteiger partial charge in [-0.3, -0.25) is 14.5 Å². The molecule has 0 spiro atoms. The summed E-state index contributed by atoms with van der Waals surface area (Å²) >= 11 is 3.74. The van der Waals surface area contributed by atoms with Crippen molar-refractivity contribution in [2.45, 2.75) is 48.2 Å². The second kappa shape index (κ2) is 12.3. The molecular formula is C26H27N9O5S3. The third kappa shape index (κ3) is 5.96. The van der Waals surface area contributed by atoms with Gasteiger partial charge in [0, 0.05) is 29.1 Å². The second-order valence-electron chi connectivity index (χ2n) is 10.0. The summed E-state index contributed by atoms with van der Waals surface area (Å²) in [4.78, 5) is 49.3. The Morgan fingerprint density at radius 3 is 2.91 bits per heavy atom. The monoisotopic (exact) mass is 641 g/mol. The lowest BCUT2D eigenvalue weighted by Crippen LogP contribution is -2.71. The molecule has 6 rings (SSSR count). The zero-order chi connectivity index (χ0) is 30.1. The van der Waals surface area contributed by atoms with Gasteiger partial charge in [-0.05, 0) is 37.3 Å². The molecule has 0 bridgehead atoms. The Hall–Kier alpha value is -3.96. The second-order valence-corrected chi connectivity index (χ2v) is 13.0. The van der Waals surface area contributed by atoms with Crippen LogP contribution in [-0.4, -0.2) is 76.4 Å². The number of thioether (sulfide) groups is 2. The van der Waals surface area contributed by atoms with Gasteiger partial charge in [-0.2, -0.15) is 9.36 Å². The molecule has 1 saturated carbocycles. The predicted octanol–water partition coefficient (Wildman–Crippen LogP) is 0.00820. The van der Waals surface area contributed by atoms with Crippen molar-refractivity contribution in [2.24, 2.45) is 12.2 Å². The first-order valence-corrected chi connectivity index (χ1v) is 16.3. The van der Waals surface area contributed by atoms with Crippen molar-refractivity contribution in [3.05, 3.63) is 53.8 Å². The van der Waals surface area contributed by atoms with Crippen LogP contribution in [0.2, 0.25) is 0 Å². The molecule has 2 aliphatic heterocycles. The SMILES string of the molecule is C[n+]1ccn2nc(SC/C=C/C3=C(C(=O)[O-])N4C(=O)[C@@H](NC(=O)/C(=N\OC5CCCC5)c5nsc(N)n5)[C@H]4SC3)ccc21. The number of allylic oxidation sites excluding steroid dienone is 1. The largest absolute Gasteiger partial charge is 0.543 e. The van der Waals surface area contributed by atoms with Crippen LogP contribution in [0, 0.1) is 0 Å². The van der Waals surface area contributed by atoms with Crippen LogP contribution >= 0.6 is 35.1 Å². The average Bonchev–Trinajstić information content (AvgIpc) is 3.76. The molecule has 2 amide bonds. The molecule has 0 radical (unpaired) electrons. The van der Waals surface area contributed by atoms with E-state index in [1.807, 2.05) is 42.2 Å². The number of aromatic nitrogens is 5. The van der Waals surface area contributed by atoms with Crippen LogP contribution in [0.5, 0.6) is 0 Å². The third-order valence-electron chi connectivity index (χ3n) is 7.20. The van der Waals surface area contributed by atoms with Gasteiger partial charge < -0.3 is 25.8 Å². The standard InChI is InChI=1S/C26H27N9O5S3/c1-33-10-11-34-17(33)9-8-16(30-34)41-12-4-5-14-13-42-24-19(23(37)35(24)20(14)25(38)39)28-22(36)18(21-29-26(27)43-32-21)31-40-15-6-2-3-7-15/h4-5,8-11,15,19,24H,2-3,6-7,12-13H2,1H3,(H3-,27,28,29,32,36,38,39)/b5-4+,31-18-/t19-,24-/m1/s1. The van der Waals surface area contributed by atoms with Gasteiger partial charge in [-0.15, -0.1) is 16.3 Å². The highest BCUT2D eigenvalue weighted by molar-refractivity contribution is 8.00. The van der Waals surface area contributed by atoms with E-state index < -0.39 is 29.2 Å². The fourth-order valence-electron chi connectivity index (χ4n) is 5.05. The van der Waals surface area contributed by atoms with Gasteiger partial charge >= 0.3 is 5.65 Å². The van der Waals surface area contributed by atoms with E-state index in [1.165, 1.54) is 23.5 Å². The summed E-state index contributed by atoms with van der Waals surface area (Å²) in [6.45, 7) is 0. The molecule has 224 valence electrons. The number of fused-ring (bicyclic) bond motifs is 2. The molecular weight excluding hydrogens is 615 g/mol. The number of imidazole rings is 1. The first-order valence-electron chi connectivity index (χ1n) is 13.5. The smallest absolute Gasteiger partial charge is 0.306 e. The molecule has 17 heteroatoms. The van der Waals surface area contributed by atoms with Gasteiger partial charge in [0.25, 0.3) is 11.8 Å². The number of carbonyl (C=O) groups excluding carboxylic acids is 3. The number of nitrogen functional groups attached to an aromatic ring is 1. The maximum absolute atomic E-state index is 13.2. The van der Waals surface area contributed by atoms with Crippen LogP contribution in [0.3, 0.4) is 0 Å². The van der Waals surface area contributed by atoms with Gasteiger partial charge in [-0.1, -0.05) is 34.2 Å². The number of nitrogens with zero attached hydrogens (tertiary/aromatic N) is 7. The molecule has 0 aromatic carbocycles. The van der Waals surface area contributed by atoms with Gasteiger partial charge in [0.1, 0.15) is 28.7 Å². The van der Waals surface area contributed by atoms with Crippen molar-refractivity contribution in [1.29, 1.82) is 0 Å². The number of amides is 2. The Morgan fingerprint density at radius 1 is 1.35 bits per heavy atom. The number of hydrogen-bond donors (Lipinski definition) is 2. The molecule has 1 saturated heterocycles. The summed E-state index contributed by atoms with van der Waals surface area (Å²) in [5.41, 5.74) is 6.72. The summed E-state index contributed by atoms with van der Waals surface area (Å²) < 4.78 is 7.82. The van der Waals surface area contributed by atoms with Gasteiger partial charge in [0.2, 0.25) is 11.5 Å². The Morgan fingerprint density at radius 2 is 2.16 bits per heavy atom. The molecule has 0 unspecified atom stereocenters. The summed E-state index contributed by atoms with van der Waals surface area (Å²) in [5.74, 6) is -1.89. The number of carboxylic acid groups (broad SMARTS) is 1. The number of oxime groups is 1. The topological polar surface area (TPSA) is 184 Å². The van der Waals surface area contributed by atoms with Gasteiger partial charge in [-0.25, -0.2) is 4.57 Å². The summed E-state index contributed by atoms with van der Waals surface area (Å²) in [6.07, 6.45) is 10.9. The van der Waals surface area contributed by atoms with Crippen molar-refractivity contribution >= 4 is 69.3 Å². The minimum Gasteiger partial charge on any atom is -0.543 e. The number of aliphatic carboxylic acids is 1. The number of hydrogen-bond acceptors (Lipinski definition) is 13. The van der Waals surface area contributed by atoms with Crippen molar-refractivity contribution in [1.82, 2.24) is 29.2 Å². The Bertz CT molecular complexity index is 1680. The molecule has 2 atom stereocenters. The highest BCUT2D eigenvalue weighted by Gasteiger charge is 2.53. The van der Waals surface area contributed by atoms with Crippen LogP contribution in [0.4, 0.5) is 5.13 Å². The number of β-lactam (4-membered cyclic amide) rings is 1. The number of nitrogens with two attached hydrogens (primary N) is 1. The van der Waals surface area contributed by atoms with E-state index in [2.05, 4.69) is 24.9 Å². The summed E-state index contributed by atoms with van der Waals surface area (Å²) in [5, 5.41) is 23.7. The molecule has 14 nitrogen and oxygen atoms in total. The van der Waals surface area contributed by atoms with Gasteiger partial charge in [0.15, 0.2) is 11.3 Å². The highest BCUT2D eigenvalue weighted by Crippen LogP contribution is 2.40. The number of carbonyl (C=O) groups is 3. The minimum atomic E-state index is -1.46. The molecule has 2 fully saturated rings. The van der Waals surface area contributed by atoms with Crippen molar-refractivity contribution < 1.29 is 28.9 Å². The van der Waals surface area contributed by atoms with E-state index in [-0.39, 0.29) is 28.5 Å². The van der Waals surface area contributed by atoms with Crippen molar-refractivity contribution in [3.8, 4) is 0 Å². The maximum Gasteiger partial charge on any atom is 0.306 e. The van der Waals surface area contributed by atoms with Crippen LogP contribution in [0.25, 0.3) is 5.65 Å². The maximum atomic E-state index is 13.2. The zero-order valence-corrected chi connectivity index (χ0v) is 25.4. The Labute approximate surface area is 258 Å². The van der Waals surface area contributed by atoms with E-state index in [0.29, 0.717) is 17.1 Å². The van der Waals surface area contributed by atoms with E-state index in [0.717, 1.165) is 52.8 Å². The molecule has 1 aliphatic carbocycles. The number of anilines is 1. The lowest BCUT2D eigenvalue weighted by Gasteiger charge is -2.50. The van der Waals surface area contributed by atoms with Crippen molar-refractivity contribution in [2.75, 3.05) is 17.2 Å². The predicted molar refractivity (Wildman–Crippen MR) is 157 cm³/mol. The lowest BCUT2D eigenvalue weighted by atomic mass is 10.0. The number of rotatable bonds is 10. The van der Waals surface area contributed by atoms with E-state index in [9.17, 15) is 19.5 Å². The van der Waals surface area contributed by atoms with Crippen LogP contribution in [-0.2, 0) is 26.3 Å². The molecule has 3 aromatic heterocycles. The van der Waals surface area contributed by atoms with E-state index in [4.69, 9.17) is 10.6 Å². The quantitative estimate of drug-likeness (QED) is 0.0999.